The zero-order valence-electron chi connectivity index (χ0n) is 13.2. The minimum absolute atomic E-state index is 0.248. The molecule has 1 amide bonds. The van der Waals surface area contributed by atoms with Gasteiger partial charge in [0.2, 0.25) is 0 Å². The summed E-state index contributed by atoms with van der Waals surface area (Å²) in [6.45, 7) is 0.298. The van der Waals surface area contributed by atoms with Crippen LogP contribution in [0, 0.1) is 0 Å². The lowest BCUT2D eigenvalue weighted by molar-refractivity contribution is 0.0957. The normalized spacial score (nSPS) is 11.9. The summed E-state index contributed by atoms with van der Waals surface area (Å²) in [7, 11) is 1.54. The Morgan fingerprint density at radius 3 is 2.58 bits per heavy atom. The van der Waals surface area contributed by atoms with Gasteiger partial charge in [0.25, 0.3) is 5.91 Å². The summed E-state index contributed by atoms with van der Waals surface area (Å²) in [5.41, 5.74) is 1.08. The van der Waals surface area contributed by atoms with E-state index in [1.807, 2.05) is 42.5 Å². The molecule has 3 aromatic rings. The summed E-state index contributed by atoms with van der Waals surface area (Å²) in [6.07, 6.45) is -0.671. The molecule has 1 aromatic heterocycles. The smallest absolute Gasteiger partial charge is 0.271 e. The molecule has 0 aliphatic rings. The van der Waals surface area contributed by atoms with E-state index in [1.165, 1.54) is 7.05 Å². The first-order valence-corrected chi connectivity index (χ1v) is 7.64. The van der Waals surface area contributed by atoms with Crippen molar-refractivity contribution < 1.29 is 9.90 Å². The molecule has 3 rings (SSSR count). The van der Waals surface area contributed by atoms with Crippen molar-refractivity contribution in [3.05, 3.63) is 65.9 Å². The van der Waals surface area contributed by atoms with E-state index in [0.717, 1.165) is 16.3 Å². The first kappa shape index (κ1) is 15.9. The number of carbonyl (C=O) groups excluding carboxylic acids is 1. The first-order valence-electron chi connectivity index (χ1n) is 7.64. The lowest BCUT2D eigenvalue weighted by atomic mass is 10.0. The van der Waals surface area contributed by atoms with Crippen molar-refractivity contribution in [2.45, 2.75) is 6.10 Å². The Morgan fingerprint density at radius 2 is 1.88 bits per heavy atom. The number of aliphatic hydroxyl groups is 1. The minimum atomic E-state index is -0.671. The monoisotopic (exact) mass is 322 g/mol. The van der Waals surface area contributed by atoms with Crippen LogP contribution in [0.5, 0.6) is 0 Å². The Kier molecular flexibility index (Phi) is 4.67. The summed E-state index contributed by atoms with van der Waals surface area (Å²) >= 11 is 0. The molecule has 0 saturated carbocycles. The highest BCUT2D eigenvalue weighted by atomic mass is 16.3. The lowest BCUT2D eigenvalue weighted by Gasteiger charge is -2.13. The lowest BCUT2D eigenvalue weighted by Crippen LogP contribution is -2.20. The van der Waals surface area contributed by atoms with Gasteiger partial charge >= 0.3 is 0 Å². The zero-order chi connectivity index (χ0) is 16.9. The first-order chi connectivity index (χ1) is 11.7. The SMILES string of the molecule is CNC(=O)c1ccc(NCC(O)c2ccc3ccccc3c2)nn1. The number of fused-ring (bicyclic) bond motifs is 1. The van der Waals surface area contributed by atoms with Crippen LogP contribution < -0.4 is 10.6 Å². The van der Waals surface area contributed by atoms with Crippen molar-refractivity contribution in [2.24, 2.45) is 0 Å². The van der Waals surface area contributed by atoms with E-state index < -0.39 is 6.10 Å². The highest BCUT2D eigenvalue weighted by Crippen LogP contribution is 2.20. The molecule has 0 spiro atoms. The van der Waals surface area contributed by atoms with Gasteiger partial charge in [-0.2, -0.15) is 0 Å². The molecule has 0 fully saturated rings. The second-order valence-electron chi connectivity index (χ2n) is 5.39. The molecule has 0 aliphatic carbocycles. The van der Waals surface area contributed by atoms with E-state index >= 15 is 0 Å². The van der Waals surface area contributed by atoms with Gasteiger partial charge in [0.05, 0.1) is 6.10 Å². The maximum Gasteiger partial charge on any atom is 0.271 e. The molecule has 1 heterocycles. The quantitative estimate of drug-likeness (QED) is 0.670. The molecule has 0 aliphatic heterocycles. The molecule has 6 nitrogen and oxygen atoms in total. The Labute approximate surface area is 139 Å². The minimum Gasteiger partial charge on any atom is -0.387 e. The third kappa shape index (κ3) is 3.49. The average molecular weight is 322 g/mol. The largest absolute Gasteiger partial charge is 0.387 e. The number of nitrogens with one attached hydrogen (secondary N) is 2. The van der Waals surface area contributed by atoms with E-state index in [-0.39, 0.29) is 11.6 Å². The molecule has 1 unspecified atom stereocenters. The topological polar surface area (TPSA) is 87.1 Å². The van der Waals surface area contributed by atoms with Gasteiger partial charge in [0, 0.05) is 13.6 Å². The van der Waals surface area contributed by atoms with Crippen molar-refractivity contribution >= 4 is 22.5 Å². The predicted molar refractivity (Wildman–Crippen MR) is 92.8 cm³/mol. The third-order valence-electron chi connectivity index (χ3n) is 3.76. The number of anilines is 1. The summed E-state index contributed by atoms with van der Waals surface area (Å²) in [5.74, 6) is 0.216. The van der Waals surface area contributed by atoms with Gasteiger partial charge in [-0.15, -0.1) is 10.2 Å². The Morgan fingerprint density at radius 1 is 1.08 bits per heavy atom. The fraction of sp³-hybridized carbons (Fsp3) is 0.167. The fourth-order valence-electron chi connectivity index (χ4n) is 2.41. The molecule has 1 atom stereocenters. The summed E-state index contributed by atoms with van der Waals surface area (Å²) in [5, 5.41) is 25.8. The fourth-order valence-corrected chi connectivity index (χ4v) is 2.41. The van der Waals surface area contributed by atoms with Gasteiger partial charge < -0.3 is 15.7 Å². The van der Waals surface area contributed by atoms with Gasteiger partial charge in [-0.05, 0) is 34.5 Å². The molecule has 0 radical (unpaired) electrons. The van der Waals surface area contributed by atoms with Crippen LogP contribution >= 0.6 is 0 Å². The number of carbonyl (C=O) groups is 1. The van der Waals surface area contributed by atoms with E-state index in [2.05, 4.69) is 20.8 Å². The molecule has 0 saturated heterocycles. The second-order valence-corrected chi connectivity index (χ2v) is 5.39. The number of amides is 1. The van der Waals surface area contributed by atoms with Crippen LogP contribution in [0.25, 0.3) is 10.8 Å². The van der Waals surface area contributed by atoms with Crippen LogP contribution in [-0.4, -0.2) is 34.8 Å². The Bertz CT molecular complexity index is 849. The maximum absolute atomic E-state index is 11.4. The predicted octanol–water partition coefficient (Wildman–Crippen LogP) is 2.13. The number of benzene rings is 2. The molecule has 3 N–H and O–H groups in total. The molecular formula is C18H18N4O2. The average Bonchev–Trinajstić information content (AvgIpc) is 2.65. The third-order valence-corrected chi connectivity index (χ3v) is 3.76. The molecule has 122 valence electrons. The zero-order valence-corrected chi connectivity index (χ0v) is 13.2. The van der Waals surface area contributed by atoms with Crippen LogP contribution in [0.4, 0.5) is 5.82 Å². The molecule has 24 heavy (non-hydrogen) atoms. The van der Waals surface area contributed by atoms with Crippen molar-refractivity contribution in [3.63, 3.8) is 0 Å². The van der Waals surface area contributed by atoms with Crippen molar-refractivity contribution in [3.8, 4) is 0 Å². The number of hydrogen-bond acceptors (Lipinski definition) is 5. The Balaban J connectivity index is 1.65. The molecular weight excluding hydrogens is 304 g/mol. The van der Waals surface area contributed by atoms with E-state index in [4.69, 9.17) is 0 Å². The van der Waals surface area contributed by atoms with Gasteiger partial charge in [0.15, 0.2) is 5.69 Å². The molecule has 2 aromatic carbocycles. The van der Waals surface area contributed by atoms with Gasteiger partial charge in [-0.25, -0.2) is 0 Å². The summed E-state index contributed by atoms with van der Waals surface area (Å²) in [6, 6.07) is 17.1. The van der Waals surface area contributed by atoms with Gasteiger partial charge in [-0.1, -0.05) is 36.4 Å². The van der Waals surface area contributed by atoms with Crippen LogP contribution in [0.15, 0.2) is 54.6 Å². The standard InChI is InChI=1S/C18H18N4O2/c1-19-18(24)15-8-9-17(22-21-15)20-11-16(23)14-7-6-12-4-2-3-5-13(12)10-14/h2-10,16,23H,11H2,1H3,(H,19,24)(H,20,22). The summed E-state index contributed by atoms with van der Waals surface area (Å²) < 4.78 is 0. The second kappa shape index (κ2) is 7.06. The highest BCUT2D eigenvalue weighted by molar-refractivity contribution is 5.91. The number of nitrogens with zero attached hydrogens (tertiary/aromatic N) is 2. The van der Waals surface area contributed by atoms with Gasteiger partial charge in [0.1, 0.15) is 5.82 Å². The number of aromatic nitrogens is 2. The van der Waals surface area contributed by atoms with E-state index in [0.29, 0.717) is 12.4 Å². The van der Waals surface area contributed by atoms with Crippen LogP contribution in [-0.2, 0) is 0 Å². The van der Waals surface area contributed by atoms with Crippen molar-refractivity contribution in [2.75, 3.05) is 18.9 Å². The Hall–Kier alpha value is -2.99. The highest BCUT2D eigenvalue weighted by Gasteiger charge is 2.10. The van der Waals surface area contributed by atoms with Crippen molar-refractivity contribution in [1.29, 1.82) is 0 Å². The van der Waals surface area contributed by atoms with Crippen LogP contribution in [0.2, 0.25) is 0 Å². The molecule has 6 heteroatoms. The van der Waals surface area contributed by atoms with Gasteiger partial charge in [-0.3, -0.25) is 4.79 Å². The van der Waals surface area contributed by atoms with Crippen LogP contribution in [0.3, 0.4) is 0 Å². The number of aliphatic hydroxyl groups excluding tert-OH is 1. The number of rotatable bonds is 5. The van der Waals surface area contributed by atoms with E-state index in [9.17, 15) is 9.90 Å². The molecule has 0 bridgehead atoms. The van der Waals surface area contributed by atoms with Crippen LogP contribution in [0.1, 0.15) is 22.2 Å². The maximum atomic E-state index is 11.4. The summed E-state index contributed by atoms with van der Waals surface area (Å²) in [4.78, 5) is 11.4. The van der Waals surface area contributed by atoms with E-state index in [1.54, 1.807) is 12.1 Å². The number of hydrogen-bond donors (Lipinski definition) is 3. The van der Waals surface area contributed by atoms with Crippen molar-refractivity contribution in [1.82, 2.24) is 15.5 Å².